The lowest BCUT2D eigenvalue weighted by molar-refractivity contribution is 0.0940. The highest BCUT2D eigenvalue weighted by Gasteiger charge is 2.14. The van der Waals surface area contributed by atoms with Crippen LogP contribution in [-0.2, 0) is 13.5 Å². The second-order valence-electron chi connectivity index (χ2n) is 5.78. The summed E-state index contributed by atoms with van der Waals surface area (Å²) >= 11 is 1.70. The molecule has 2 heterocycles. The summed E-state index contributed by atoms with van der Waals surface area (Å²) in [6.07, 6.45) is 0.822. The summed E-state index contributed by atoms with van der Waals surface area (Å²) in [5, 5.41) is 9.39. The molecule has 0 aliphatic carbocycles. The molecule has 0 spiro atoms. The van der Waals surface area contributed by atoms with Gasteiger partial charge >= 0.3 is 6.01 Å². The van der Waals surface area contributed by atoms with E-state index in [1.165, 1.54) is 4.88 Å². The lowest BCUT2D eigenvalue weighted by Gasteiger charge is -2.13. The van der Waals surface area contributed by atoms with Gasteiger partial charge in [0.05, 0.1) is 7.11 Å². The molecule has 0 unspecified atom stereocenters. The van der Waals surface area contributed by atoms with Crippen molar-refractivity contribution >= 4 is 17.2 Å². The molecule has 0 aliphatic rings. The van der Waals surface area contributed by atoms with Gasteiger partial charge in [-0.3, -0.25) is 4.79 Å². The average molecular weight is 356 g/mol. The van der Waals surface area contributed by atoms with Crippen LogP contribution >= 0.6 is 11.3 Å². The number of aryl methyl sites for hydroxylation is 1. The first-order valence-corrected chi connectivity index (χ1v) is 8.83. The molecule has 0 fully saturated rings. The Labute approximate surface area is 150 Å². The Morgan fingerprint density at radius 1 is 1.36 bits per heavy atom. The molecule has 7 heteroatoms. The SMILES string of the molecule is COc1nc(-c2cccc(C(=O)N[C@@H](C)Cc3cccs3)c2)nn1C. The van der Waals surface area contributed by atoms with E-state index in [0.29, 0.717) is 17.4 Å². The zero-order chi connectivity index (χ0) is 17.8. The molecule has 130 valence electrons. The molecule has 25 heavy (non-hydrogen) atoms. The van der Waals surface area contributed by atoms with Crippen molar-refractivity contribution in [1.82, 2.24) is 20.1 Å². The van der Waals surface area contributed by atoms with Gasteiger partial charge in [-0.05, 0) is 30.5 Å². The number of benzene rings is 1. The number of nitrogens with one attached hydrogen (secondary N) is 1. The number of hydrogen-bond donors (Lipinski definition) is 1. The summed E-state index contributed by atoms with van der Waals surface area (Å²) in [4.78, 5) is 18.1. The van der Waals surface area contributed by atoms with Crippen LogP contribution in [0, 0.1) is 0 Å². The van der Waals surface area contributed by atoms with Crippen molar-refractivity contribution < 1.29 is 9.53 Å². The van der Waals surface area contributed by atoms with Gasteiger partial charge in [0.25, 0.3) is 5.91 Å². The third-order valence-electron chi connectivity index (χ3n) is 3.75. The number of hydrogen-bond acceptors (Lipinski definition) is 5. The number of carbonyl (C=O) groups is 1. The van der Waals surface area contributed by atoms with Crippen LogP contribution in [0.2, 0.25) is 0 Å². The smallest absolute Gasteiger partial charge is 0.314 e. The Bertz CT molecular complexity index is 858. The van der Waals surface area contributed by atoms with E-state index in [1.807, 2.05) is 30.5 Å². The molecule has 2 aromatic heterocycles. The molecule has 1 N–H and O–H groups in total. The number of aromatic nitrogens is 3. The molecule has 0 bridgehead atoms. The van der Waals surface area contributed by atoms with Crippen LogP contribution < -0.4 is 10.1 Å². The second-order valence-corrected chi connectivity index (χ2v) is 6.82. The largest absolute Gasteiger partial charge is 0.467 e. The van der Waals surface area contributed by atoms with Gasteiger partial charge in [-0.25, -0.2) is 4.68 Å². The summed E-state index contributed by atoms with van der Waals surface area (Å²) < 4.78 is 6.70. The maximum atomic E-state index is 12.5. The number of nitrogens with zero attached hydrogens (tertiary/aromatic N) is 3. The number of ether oxygens (including phenoxy) is 1. The van der Waals surface area contributed by atoms with Gasteiger partial charge in [0.2, 0.25) is 0 Å². The first kappa shape index (κ1) is 17.2. The van der Waals surface area contributed by atoms with E-state index in [2.05, 4.69) is 21.5 Å². The first-order valence-electron chi connectivity index (χ1n) is 7.95. The molecule has 3 rings (SSSR count). The highest BCUT2D eigenvalue weighted by atomic mass is 32.1. The Hall–Kier alpha value is -2.67. The van der Waals surface area contributed by atoms with Gasteiger partial charge in [0, 0.05) is 35.5 Å². The fraction of sp³-hybridized carbons (Fsp3) is 0.278. The van der Waals surface area contributed by atoms with Crippen LogP contribution in [0.25, 0.3) is 11.4 Å². The maximum absolute atomic E-state index is 12.5. The molecule has 1 aromatic carbocycles. The van der Waals surface area contributed by atoms with Crippen LogP contribution in [-0.4, -0.2) is 33.8 Å². The van der Waals surface area contributed by atoms with Crippen LogP contribution in [0.4, 0.5) is 0 Å². The topological polar surface area (TPSA) is 69.0 Å². The molecule has 0 radical (unpaired) electrons. The molecule has 0 aliphatic heterocycles. The van der Waals surface area contributed by atoms with E-state index in [9.17, 15) is 4.79 Å². The van der Waals surface area contributed by atoms with E-state index < -0.39 is 0 Å². The molecule has 3 aromatic rings. The monoisotopic (exact) mass is 356 g/mol. The second kappa shape index (κ2) is 7.48. The Balaban J connectivity index is 1.72. The molecular weight excluding hydrogens is 336 g/mol. The highest BCUT2D eigenvalue weighted by Crippen LogP contribution is 2.19. The number of amides is 1. The van der Waals surface area contributed by atoms with Gasteiger partial charge in [-0.1, -0.05) is 18.2 Å². The van der Waals surface area contributed by atoms with E-state index in [0.717, 1.165) is 12.0 Å². The highest BCUT2D eigenvalue weighted by molar-refractivity contribution is 7.09. The van der Waals surface area contributed by atoms with Crippen molar-refractivity contribution in [3.63, 3.8) is 0 Å². The standard InChI is InChI=1S/C18H20N4O2S/c1-12(10-15-8-5-9-25-15)19-17(23)14-7-4-6-13(11-14)16-20-18(24-3)22(2)21-16/h4-9,11-12H,10H2,1-3H3,(H,19,23)/t12-/m0/s1. The fourth-order valence-electron chi connectivity index (χ4n) is 2.56. The number of carbonyl (C=O) groups excluding carboxylic acids is 1. The molecule has 1 amide bonds. The molecule has 0 saturated carbocycles. The Morgan fingerprint density at radius 2 is 2.20 bits per heavy atom. The maximum Gasteiger partial charge on any atom is 0.314 e. The molecule has 0 saturated heterocycles. The average Bonchev–Trinajstić information content (AvgIpc) is 3.24. The van der Waals surface area contributed by atoms with Gasteiger partial charge < -0.3 is 10.1 Å². The van der Waals surface area contributed by atoms with E-state index in [4.69, 9.17) is 4.74 Å². The zero-order valence-electron chi connectivity index (χ0n) is 14.4. The lowest BCUT2D eigenvalue weighted by Crippen LogP contribution is -2.33. The first-order chi connectivity index (χ1) is 12.1. The number of thiophene rings is 1. The third-order valence-corrected chi connectivity index (χ3v) is 4.65. The minimum atomic E-state index is -0.103. The minimum Gasteiger partial charge on any atom is -0.467 e. The van der Waals surface area contributed by atoms with Gasteiger partial charge in [0.1, 0.15) is 0 Å². The number of methoxy groups -OCH3 is 1. The predicted octanol–water partition coefficient (Wildman–Crippen LogP) is 2.91. The van der Waals surface area contributed by atoms with E-state index in [-0.39, 0.29) is 11.9 Å². The van der Waals surface area contributed by atoms with Gasteiger partial charge in [-0.2, -0.15) is 4.98 Å². The predicted molar refractivity (Wildman–Crippen MR) is 97.9 cm³/mol. The van der Waals surface area contributed by atoms with Crippen molar-refractivity contribution in [3.05, 3.63) is 52.2 Å². The number of rotatable bonds is 6. The van der Waals surface area contributed by atoms with Crippen LogP contribution in [0.5, 0.6) is 6.01 Å². The summed E-state index contributed by atoms with van der Waals surface area (Å²) in [5.74, 6) is 0.425. The summed E-state index contributed by atoms with van der Waals surface area (Å²) in [5.41, 5.74) is 1.36. The van der Waals surface area contributed by atoms with E-state index >= 15 is 0 Å². The molecule has 1 atom stereocenters. The van der Waals surface area contributed by atoms with Crippen molar-refractivity contribution in [3.8, 4) is 17.4 Å². The molecular formula is C18H20N4O2S. The fourth-order valence-corrected chi connectivity index (χ4v) is 3.39. The van der Waals surface area contributed by atoms with Crippen molar-refractivity contribution in [2.45, 2.75) is 19.4 Å². The summed E-state index contributed by atoms with van der Waals surface area (Å²) in [6.45, 7) is 2.01. The zero-order valence-corrected chi connectivity index (χ0v) is 15.2. The lowest BCUT2D eigenvalue weighted by atomic mass is 10.1. The molecule has 6 nitrogen and oxygen atoms in total. The minimum absolute atomic E-state index is 0.0582. The van der Waals surface area contributed by atoms with Crippen LogP contribution in [0.1, 0.15) is 22.2 Å². The van der Waals surface area contributed by atoms with E-state index in [1.54, 1.807) is 42.3 Å². The Morgan fingerprint density at radius 3 is 2.88 bits per heavy atom. The van der Waals surface area contributed by atoms with Crippen LogP contribution in [0.15, 0.2) is 41.8 Å². The van der Waals surface area contributed by atoms with Crippen molar-refractivity contribution in [2.75, 3.05) is 7.11 Å². The van der Waals surface area contributed by atoms with Crippen LogP contribution in [0.3, 0.4) is 0 Å². The third kappa shape index (κ3) is 4.06. The van der Waals surface area contributed by atoms with Gasteiger partial charge in [0.15, 0.2) is 5.82 Å². The summed E-state index contributed by atoms with van der Waals surface area (Å²) in [6, 6.07) is 11.9. The van der Waals surface area contributed by atoms with Crippen molar-refractivity contribution in [1.29, 1.82) is 0 Å². The van der Waals surface area contributed by atoms with Gasteiger partial charge in [-0.15, -0.1) is 16.4 Å². The Kier molecular flexibility index (Phi) is 5.14. The normalized spacial score (nSPS) is 12.0. The summed E-state index contributed by atoms with van der Waals surface area (Å²) in [7, 11) is 3.31. The quantitative estimate of drug-likeness (QED) is 0.737. The van der Waals surface area contributed by atoms with Crippen molar-refractivity contribution in [2.24, 2.45) is 7.05 Å².